The third-order valence-electron chi connectivity index (χ3n) is 3.71. The van der Waals surface area contributed by atoms with E-state index < -0.39 is 5.60 Å². The van der Waals surface area contributed by atoms with Gasteiger partial charge in [0.2, 0.25) is 6.08 Å². The second-order valence-corrected chi connectivity index (χ2v) is 6.20. The average Bonchev–Trinajstić information content (AvgIpc) is 2.66. The number of isocyanates is 1. The number of ketones is 1. The number of carbonyl (C=O) groups is 1. The van der Waals surface area contributed by atoms with Gasteiger partial charge in [-0.3, -0.25) is 4.79 Å². The number of hydrogen-bond acceptors (Lipinski definition) is 6. The molecule has 0 radical (unpaired) electrons. The highest BCUT2D eigenvalue weighted by atomic mass is 16.5. The minimum Gasteiger partial charge on any atom is -0.477 e. The van der Waals surface area contributed by atoms with Gasteiger partial charge in [-0.1, -0.05) is 36.4 Å². The first-order chi connectivity index (χ1) is 12.9. The maximum Gasteiger partial charge on any atom is 0.240 e. The molecule has 0 spiro atoms. The molecule has 2 rings (SSSR count). The predicted molar refractivity (Wildman–Crippen MR) is 104 cm³/mol. The quantitative estimate of drug-likeness (QED) is 0.224. The number of aliphatic imine (C=N–C) groups is 1. The van der Waals surface area contributed by atoms with Gasteiger partial charge in [0.25, 0.3) is 0 Å². The van der Waals surface area contributed by atoms with Crippen molar-refractivity contribution in [3.05, 3.63) is 72.6 Å². The van der Waals surface area contributed by atoms with E-state index in [1.807, 2.05) is 18.2 Å². The first-order valence-electron chi connectivity index (χ1n) is 8.43. The Morgan fingerprint density at radius 3 is 2.59 bits per heavy atom. The Hall–Kier alpha value is -3.21. The van der Waals surface area contributed by atoms with Crippen molar-refractivity contribution >= 4 is 23.2 Å². The van der Waals surface area contributed by atoms with Gasteiger partial charge in [0, 0.05) is 11.3 Å². The zero-order chi connectivity index (χ0) is 19.7. The second-order valence-electron chi connectivity index (χ2n) is 6.20. The molecule has 0 heterocycles. The van der Waals surface area contributed by atoms with Gasteiger partial charge in [-0.05, 0) is 38.6 Å². The largest absolute Gasteiger partial charge is 0.477 e. The van der Waals surface area contributed by atoms with Crippen molar-refractivity contribution in [2.75, 3.05) is 18.5 Å². The van der Waals surface area contributed by atoms with Crippen LogP contribution in [0.1, 0.15) is 24.2 Å². The summed E-state index contributed by atoms with van der Waals surface area (Å²) in [4.78, 5) is 26.3. The van der Waals surface area contributed by atoms with Crippen LogP contribution in [0.5, 0.6) is 0 Å². The monoisotopic (exact) mass is 366 g/mol. The Morgan fingerprint density at radius 2 is 1.89 bits per heavy atom. The van der Waals surface area contributed by atoms with Crippen LogP contribution in [0.15, 0.2) is 72.1 Å². The average molecular weight is 366 g/mol. The standard InChI is InChI=1S/C21H22N2O4/c1-16(23-19-11-7-10-18(14-19)22-15-24)26-12-13-27-21(2,3)20(25)17-8-5-4-6-9-17/h4-11,14,23H,1,12-13H2,2-3H3. The van der Waals surface area contributed by atoms with Crippen molar-refractivity contribution < 1.29 is 19.1 Å². The number of nitrogens with one attached hydrogen (secondary N) is 1. The smallest absolute Gasteiger partial charge is 0.240 e. The molecule has 0 unspecified atom stereocenters. The molecule has 6 heteroatoms. The summed E-state index contributed by atoms with van der Waals surface area (Å²) < 4.78 is 11.2. The minimum atomic E-state index is -0.958. The highest BCUT2D eigenvalue weighted by Crippen LogP contribution is 2.19. The lowest BCUT2D eigenvalue weighted by Gasteiger charge is -2.24. The van der Waals surface area contributed by atoms with Crippen molar-refractivity contribution in [1.82, 2.24) is 0 Å². The van der Waals surface area contributed by atoms with E-state index in [1.54, 1.807) is 50.2 Å². The van der Waals surface area contributed by atoms with Crippen LogP contribution in [0.2, 0.25) is 0 Å². The number of rotatable bonds is 10. The van der Waals surface area contributed by atoms with E-state index in [4.69, 9.17) is 9.47 Å². The number of anilines is 1. The molecule has 0 atom stereocenters. The molecule has 0 aromatic heterocycles. The number of benzene rings is 2. The van der Waals surface area contributed by atoms with Crippen LogP contribution in [0.25, 0.3) is 0 Å². The first kappa shape index (κ1) is 20.1. The number of Topliss-reactive ketones (excluding diaryl/α,β-unsaturated/α-hetero) is 1. The molecule has 2 aromatic rings. The molecule has 0 fully saturated rings. The Labute approximate surface area is 158 Å². The molecule has 0 saturated heterocycles. The van der Waals surface area contributed by atoms with E-state index in [-0.39, 0.29) is 19.0 Å². The molecule has 0 bridgehead atoms. The molecule has 140 valence electrons. The molecule has 0 aliphatic carbocycles. The van der Waals surface area contributed by atoms with E-state index in [0.717, 1.165) is 0 Å². The summed E-state index contributed by atoms with van der Waals surface area (Å²) in [5, 5.41) is 2.96. The Morgan fingerprint density at radius 1 is 1.15 bits per heavy atom. The van der Waals surface area contributed by atoms with Gasteiger partial charge in [0.05, 0.1) is 12.3 Å². The van der Waals surface area contributed by atoms with Crippen LogP contribution in [-0.2, 0) is 14.3 Å². The van der Waals surface area contributed by atoms with Crippen molar-refractivity contribution in [3.8, 4) is 0 Å². The molecule has 2 aromatic carbocycles. The van der Waals surface area contributed by atoms with Crippen LogP contribution in [0.3, 0.4) is 0 Å². The second kappa shape index (κ2) is 9.48. The summed E-state index contributed by atoms with van der Waals surface area (Å²) in [5.74, 6) is 0.227. The molecule has 0 amide bonds. The summed E-state index contributed by atoms with van der Waals surface area (Å²) >= 11 is 0. The van der Waals surface area contributed by atoms with Crippen LogP contribution in [-0.4, -0.2) is 30.7 Å². The van der Waals surface area contributed by atoms with Gasteiger partial charge in [0.1, 0.15) is 12.2 Å². The van der Waals surface area contributed by atoms with E-state index in [0.29, 0.717) is 22.8 Å². The lowest BCUT2D eigenvalue weighted by molar-refractivity contribution is -0.0213. The molecular formula is C21H22N2O4. The fourth-order valence-electron chi connectivity index (χ4n) is 2.37. The molecule has 0 aliphatic heterocycles. The Kier molecular flexibility index (Phi) is 7.06. The normalized spacial score (nSPS) is 10.6. The zero-order valence-electron chi connectivity index (χ0n) is 15.4. The fraction of sp³-hybridized carbons (Fsp3) is 0.238. The number of nitrogens with zero attached hydrogens (tertiary/aromatic N) is 1. The van der Waals surface area contributed by atoms with E-state index in [1.165, 1.54) is 6.08 Å². The van der Waals surface area contributed by atoms with Gasteiger partial charge < -0.3 is 14.8 Å². The highest BCUT2D eigenvalue weighted by molar-refractivity contribution is 6.01. The highest BCUT2D eigenvalue weighted by Gasteiger charge is 2.29. The Balaban J connectivity index is 1.78. The Bertz CT molecular complexity index is 840. The first-order valence-corrected chi connectivity index (χ1v) is 8.43. The van der Waals surface area contributed by atoms with Gasteiger partial charge in [-0.2, -0.15) is 4.99 Å². The van der Waals surface area contributed by atoms with Crippen LogP contribution in [0.4, 0.5) is 11.4 Å². The minimum absolute atomic E-state index is 0.0902. The summed E-state index contributed by atoms with van der Waals surface area (Å²) in [6.07, 6.45) is 1.49. The maximum absolute atomic E-state index is 12.5. The zero-order valence-corrected chi connectivity index (χ0v) is 15.4. The predicted octanol–water partition coefficient (Wildman–Crippen LogP) is 4.23. The molecule has 0 aliphatic rings. The third-order valence-corrected chi connectivity index (χ3v) is 3.71. The fourth-order valence-corrected chi connectivity index (χ4v) is 2.37. The van der Waals surface area contributed by atoms with E-state index >= 15 is 0 Å². The molecule has 6 nitrogen and oxygen atoms in total. The van der Waals surface area contributed by atoms with Crippen LogP contribution >= 0.6 is 0 Å². The summed E-state index contributed by atoms with van der Waals surface area (Å²) in [5.41, 5.74) is 0.803. The van der Waals surface area contributed by atoms with Gasteiger partial charge in [0.15, 0.2) is 11.7 Å². The van der Waals surface area contributed by atoms with Crippen molar-refractivity contribution in [2.24, 2.45) is 4.99 Å². The van der Waals surface area contributed by atoms with Gasteiger partial charge >= 0.3 is 0 Å². The maximum atomic E-state index is 12.5. The summed E-state index contributed by atoms with van der Waals surface area (Å²) in [6.45, 7) is 7.69. The number of carbonyl (C=O) groups excluding carboxylic acids is 2. The van der Waals surface area contributed by atoms with Crippen LogP contribution in [0, 0.1) is 0 Å². The topological polar surface area (TPSA) is 77.0 Å². The van der Waals surface area contributed by atoms with Gasteiger partial charge in [-0.15, -0.1) is 0 Å². The molecule has 1 N–H and O–H groups in total. The van der Waals surface area contributed by atoms with Crippen molar-refractivity contribution in [1.29, 1.82) is 0 Å². The lowest BCUT2D eigenvalue weighted by Crippen LogP contribution is -2.36. The summed E-state index contributed by atoms with van der Waals surface area (Å²) in [7, 11) is 0. The van der Waals surface area contributed by atoms with E-state index in [2.05, 4.69) is 16.9 Å². The number of ether oxygens (including phenoxy) is 2. The summed E-state index contributed by atoms with van der Waals surface area (Å²) in [6, 6.07) is 15.9. The number of hydrogen-bond donors (Lipinski definition) is 1. The van der Waals surface area contributed by atoms with Crippen LogP contribution < -0.4 is 5.32 Å². The lowest BCUT2D eigenvalue weighted by atomic mass is 9.96. The molecular weight excluding hydrogens is 344 g/mol. The molecule has 0 saturated carbocycles. The molecule has 27 heavy (non-hydrogen) atoms. The third kappa shape index (κ3) is 6.22. The van der Waals surface area contributed by atoms with Crippen molar-refractivity contribution in [3.63, 3.8) is 0 Å². The van der Waals surface area contributed by atoms with Gasteiger partial charge in [-0.25, -0.2) is 4.79 Å². The van der Waals surface area contributed by atoms with E-state index in [9.17, 15) is 9.59 Å². The van der Waals surface area contributed by atoms with Crippen molar-refractivity contribution in [2.45, 2.75) is 19.4 Å². The SMILES string of the molecule is C=C(Nc1cccc(N=C=O)c1)OCCOC(C)(C)C(=O)c1ccccc1.